The number of piperidine rings is 1. The summed E-state index contributed by atoms with van der Waals surface area (Å²) in [5, 5.41) is 0. The predicted octanol–water partition coefficient (Wildman–Crippen LogP) is 2.48. The lowest BCUT2D eigenvalue weighted by Crippen LogP contribution is -2.45. The van der Waals surface area contributed by atoms with Gasteiger partial charge < -0.3 is 4.90 Å². The van der Waals surface area contributed by atoms with Crippen LogP contribution in [0.1, 0.15) is 18.5 Å². The first kappa shape index (κ1) is 16.9. The van der Waals surface area contributed by atoms with Crippen LogP contribution in [0.2, 0.25) is 0 Å². The average Bonchev–Trinajstić information content (AvgIpc) is 2.55. The van der Waals surface area contributed by atoms with Crippen LogP contribution in [0.25, 0.3) is 0 Å². The van der Waals surface area contributed by atoms with Gasteiger partial charge in [0.2, 0.25) is 10.0 Å². The maximum atomic E-state index is 13.7. The SMILES string of the molecule is Cc1cccc(N2CCC(NS(=O)(=O)c3ccccc3F)CC2)n1. The van der Waals surface area contributed by atoms with Crippen molar-refractivity contribution >= 4 is 15.8 Å². The molecule has 0 amide bonds. The average molecular weight is 349 g/mol. The predicted molar refractivity (Wildman–Crippen MR) is 90.9 cm³/mol. The third-order valence-corrected chi connectivity index (χ3v) is 5.69. The molecule has 5 nitrogen and oxygen atoms in total. The molecular weight excluding hydrogens is 329 g/mol. The van der Waals surface area contributed by atoms with Crippen molar-refractivity contribution < 1.29 is 12.8 Å². The van der Waals surface area contributed by atoms with Crippen molar-refractivity contribution in [2.45, 2.75) is 30.7 Å². The lowest BCUT2D eigenvalue weighted by Gasteiger charge is -2.33. The van der Waals surface area contributed by atoms with Crippen LogP contribution in [0.4, 0.5) is 10.2 Å². The topological polar surface area (TPSA) is 62.3 Å². The molecule has 0 atom stereocenters. The van der Waals surface area contributed by atoms with Gasteiger partial charge in [0.05, 0.1) is 0 Å². The number of nitrogens with zero attached hydrogens (tertiary/aromatic N) is 2. The molecular formula is C17H20FN3O2S. The minimum atomic E-state index is -3.84. The highest BCUT2D eigenvalue weighted by atomic mass is 32.2. The van der Waals surface area contributed by atoms with Crippen molar-refractivity contribution in [3.63, 3.8) is 0 Å². The summed E-state index contributed by atoms with van der Waals surface area (Å²) in [7, 11) is -3.84. The summed E-state index contributed by atoms with van der Waals surface area (Å²) in [6, 6.07) is 11.1. The van der Waals surface area contributed by atoms with Crippen molar-refractivity contribution in [2.24, 2.45) is 0 Å². The Morgan fingerprint density at radius 1 is 1.12 bits per heavy atom. The lowest BCUT2D eigenvalue weighted by atomic mass is 10.1. The normalized spacial score (nSPS) is 16.3. The fourth-order valence-corrected chi connectivity index (χ4v) is 4.26. The molecule has 0 aliphatic carbocycles. The number of rotatable bonds is 4. The molecule has 0 spiro atoms. The number of nitrogens with one attached hydrogen (secondary N) is 1. The Morgan fingerprint density at radius 3 is 2.50 bits per heavy atom. The van der Waals surface area contributed by atoms with E-state index in [4.69, 9.17) is 0 Å². The van der Waals surface area contributed by atoms with E-state index >= 15 is 0 Å². The molecule has 1 N–H and O–H groups in total. The summed E-state index contributed by atoms with van der Waals surface area (Å²) in [5.74, 6) is 0.178. The molecule has 24 heavy (non-hydrogen) atoms. The van der Waals surface area contributed by atoms with E-state index < -0.39 is 15.8 Å². The summed E-state index contributed by atoms with van der Waals surface area (Å²) < 4.78 is 41.0. The standard InChI is InChI=1S/C17H20FN3O2S/c1-13-5-4-8-17(19-13)21-11-9-14(10-12-21)20-24(22,23)16-7-3-2-6-15(16)18/h2-8,14,20H,9-12H2,1H3. The van der Waals surface area contributed by atoms with Crippen molar-refractivity contribution in [3.05, 3.63) is 54.0 Å². The van der Waals surface area contributed by atoms with E-state index in [1.54, 1.807) is 0 Å². The molecule has 2 aromatic rings. The molecule has 1 aromatic carbocycles. The van der Waals surface area contributed by atoms with Gasteiger partial charge >= 0.3 is 0 Å². The number of aryl methyl sites for hydroxylation is 1. The Balaban J connectivity index is 1.64. The van der Waals surface area contributed by atoms with Gasteiger partial charge in [0, 0.05) is 24.8 Å². The summed E-state index contributed by atoms with van der Waals surface area (Å²) >= 11 is 0. The molecule has 7 heteroatoms. The van der Waals surface area contributed by atoms with E-state index in [1.165, 1.54) is 18.2 Å². The second-order valence-corrected chi connectivity index (χ2v) is 7.63. The van der Waals surface area contributed by atoms with E-state index in [0.717, 1.165) is 17.6 Å². The highest BCUT2D eigenvalue weighted by Crippen LogP contribution is 2.20. The number of hydrogen-bond acceptors (Lipinski definition) is 4. The van der Waals surface area contributed by atoms with Crippen LogP contribution >= 0.6 is 0 Å². The zero-order chi connectivity index (χ0) is 17.2. The minimum Gasteiger partial charge on any atom is -0.356 e. The van der Waals surface area contributed by atoms with Crippen LogP contribution in [-0.2, 0) is 10.0 Å². The zero-order valence-electron chi connectivity index (χ0n) is 13.4. The second-order valence-electron chi connectivity index (χ2n) is 5.95. The van der Waals surface area contributed by atoms with Crippen LogP contribution in [0.5, 0.6) is 0 Å². The number of pyridine rings is 1. The third kappa shape index (κ3) is 3.73. The van der Waals surface area contributed by atoms with E-state index in [1.807, 2.05) is 25.1 Å². The van der Waals surface area contributed by atoms with Gasteiger partial charge in [-0.3, -0.25) is 0 Å². The maximum Gasteiger partial charge on any atom is 0.243 e. The fraction of sp³-hybridized carbons (Fsp3) is 0.353. The molecule has 1 aromatic heterocycles. The Kier molecular flexibility index (Phi) is 4.82. The van der Waals surface area contributed by atoms with Crippen LogP contribution in [0.15, 0.2) is 47.4 Å². The highest BCUT2D eigenvalue weighted by Gasteiger charge is 2.26. The Morgan fingerprint density at radius 2 is 1.83 bits per heavy atom. The summed E-state index contributed by atoms with van der Waals surface area (Å²) in [4.78, 5) is 6.33. The van der Waals surface area contributed by atoms with Crippen LogP contribution in [0.3, 0.4) is 0 Å². The number of benzene rings is 1. The summed E-state index contributed by atoms with van der Waals surface area (Å²) in [6.07, 6.45) is 1.31. The van der Waals surface area contributed by atoms with Crippen LogP contribution in [0, 0.1) is 12.7 Å². The van der Waals surface area contributed by atoms with Crippen molar-refractivity contribution in [1.82, 2.24) is 9.71 Å². The van der Waals surface area contributed by atoms with Gasteiger partial charge in [-0.25, -0.2) is 22.5 Å². The number of halogens is 1. The zero-order valence-corrected chi connectivity index (χ0v) is 14.3. The smallest absolute Gasteiger partial charge is 0.243 e. The number of sulfonamides is 1. The Hall–Kier alpha value is -1.99. The largest absolute Gasteiger partial charge is 0.356 e. The number of aromatic nitrogens is 1. The Labute approximate surface area is 141 Å². The fourth-order valence-electron chi connectivity index (χ4n) is 2.88. The third-order valence-electron chi connectivity index (χ3n) is 4.14. The van der Waals surface area contributed by atoms with Gasteiger partial charge in [-0.05, 0) is 44.0 Å². The first-order valence-corrected chi connectivity index (χ1v) is 9.39. The molecule has 1 fully saturated rings. The van der Waals surface area contributed by atoms with Gasteiger partial charge in [-0.1, -0.05) is 18.2 Å². The molecule has 0 saturated carbocycles. The molecule has 0 unspecified atom stereocenters. The van der Waals surface area contributed by atoms with E-state index in [0.29, 0.717) is 25.9 Å². The molecule has 1 aliphatic heterocycles. The van der Waals surface area contributed by atoms with Gasteiger partial charge in [0.1, 0.15) is 16.5 Å². The monoisotopic (exact) mass is 349 g/mol. The molecule has 0 radical (unpaired) electrons. The minimum absolute atomic E-state index is 0.198. The second kappa shape index (κ2) is 6.86. The van der Waals surface area contributed by atoms with Crippen molar-refractivity contribution in [1.29, 1.82) is 0 Å². The molecule has 128 valence electrons. The van der Waals surface area contributed by atoms with Crippen LogP contribution < -0.4 is 9.62 Å². The van der Waals surface area contributed by atoms with Gasteiger partial charge in [0.25, 0.3) is 0 Å². The van der Waals surface area contributed by atoms with E-state index in [9.17, 15) is 12.8 Å². The van der Waals surface area contributed by atoms with Crippen LogP contribution in [-0.4, -0.2) is 32.5 Å². The van der Waals surface area contributed by atoms with Gasteiger partial charge in [-0.2, -0.15) is 0 Å². The maximum absolute atomic E-state index is 13.7. The van der Waals surface area contributed by atoms with Crippen molar-refractivity contribution in [3.8, 4) is 0 Å². The summed E-state index contributed by atoms with van der Waals surface area (Å²) in [6.45, 7) is 3.36. The first-order valence-electron chi connectivity index (χ1n) is 7.91. The molecule has 0 bridgehead atoms. The highest BCUT2D eigenvalue weighted by molar-refractivity contribution is 7.89. The first-order chi connectivity index (χ1) is 11.5. The Bertz CT molecular complexity index is 818. The molecule has 2 heterocycles. The van der Waals surface area contributed by atoms with Gasteiger partial charge in [0.15, 0.2) is 0 Å². The quantitative estimate of drug-likeness (QED) is 0.921. The molecule has 1 aliphatic rings. The lowest BCUT2D eigenvalue weighted by molar-refractivity contribution is 0.456. The van der Waals surface area contributed by atoms with E-state index in [-0.39, 0.29) is 10.9 Å². The number of anilines is 1. The molecule has 1 saturated heterocycles. The van der Waals surface area contributed by atoms with E-state index in [2.05, 4.69) is 14.6 Å². The van der Waals surface area contributed by atoms with Crippen molar-refractivity contribution in [2.75, 3.05) is 18.0 Å². The molecule has 3 rings (SSSR count). The van der Waals surface area contributed by atoms with Gasteiger partial charge in [-0.15, -0.1) is 0 Å². The number of hydrogen-bond donors (Lipinski definition) is 1. The summed E-state index contributed by atoms with van der Waals surface area (Å²) in [5.41, 5.74) is 0.954.